The van der Waals surface area contributed by atoms with Crippen molar-refractivity contribution < 1.29 is 8.42 Å². The van der Waals surface area contributed by atoms with E-state index in [2.05, 4.69) is 10.4 Å². The lowest BCUT2D eigenvalue weighted by molar-refractivity contribution is 0.521. The van der Waals surface area contributed by atoms with Gasteiger partial charge in [0.2, 0.25) is 10.0 Å². The molecule has 0 bridgehead atoms. The van der Waals surface area contributed by atoms with E-state index in [0.29, 0.717) is 17.1 Å². The molecule has 0 fully saturated rings. The van der Waals surface area contributed by atoms with Crippen molar-refractivity contribution in [1.29, 1.82) is 0 Å². The van der Waals surface area contributed by atoms with Crippen LogP contribution in [0.2, 0.25) is 0 Å². The molecule has 1 aromatic carbocycles. The number of hydrogen-bond acceptors (Lipinski definition) is 4. The highest BCUT2D eigenvalue weighted by Crippen LogP contribution is 2.22. The molecular formula is C14H20N4O2S. The second-order valence-electron chi connectivity index (χ2n) is 4.83. The summed E-state index contributed by atoms with van der Waals surface area (Å²) in [5.74, 6) is 0. The van der Waals surface area contributed by atoms with Crippen LogP contribution in [0.25, 0.3) is 0 Å². The van der Waals surface area contributed by atoms with Crippen LogP contribution < -0.4 is 5.32 Å². The van der Waals surface area contributed by atoms with Crippen molar-refractivity contribution in [3.63, 3.8) is 0 Å². The van der Waals surface area contributed by atoms with Gasteiger partial charge in [-0.25, -0.2) is 12.7 Å². The molecule has 0 spiro atoms. The molecule has 6 nitrogen and oxygen atoms in total. The standard InChI is InChI=1S/C14H20N4O2S/c1-17(2)21(19,20)14-8-4-3-7-13(14)15-9-5-11-18-12-6-10-16-18/h3-4,6-8,10,12,15H,5,9,11H2,1-2H3. The van der Waals surface area contributed by atoms with Crippen LogP contribution in [0, 0.1) is 0 Å². The Hall–Kier alpha value is -1.86. The summed E-state index contributed by atoms with van der Waals surface area (Å²) in [6.45, 7) is 1.47. The number of sulfonamides is 1. The first-order chi connectivity index (χ1) is 10.0. The predicted octanol–water partition coefficient (Wildman–Crippen LogP) is 1.64. The first kappa shape index (κ1) is 15.5. The molecule has 0 aliphatic heterocycles. The average molecular weight is 308 g/mol. The van der Waals surface area contributed by atoms with Gasteiger partial charge in [0.05, 0.1) is 5.69 Å². The Labute approximate surface area is 125 Å². The Morgan fingerprint density at radius 1 is 1.24 bits per heavy atom. The van der Waals surface area contributed by atoms with Gasteiger partial charge < -0.3 is 5.32 Å². The third kappa shape index (κ3) is 3.83. The average Bonchev–Trinajstić information content (AvgIpc) is 2.97. The van der Waals surface area contributed by atoms with Gasteiger partial charge in [0.25, 0.3) is 0 Å². The van der Waals surface area contributed by atoms with Crippen LogP contribution in [0.5, 0.6) is 0 Å². The number of benzene rings is 1. The maximum atomic E-state index is 12.2. The van der Waals surface area contributed by atoms with Crippen molar-refractivity contribution in [3.05, 3.63) is 42.7 Å². The topological polar surface area (TPSA) is 67.2 Å². The molecule has 1 heterocycles. The first-order valence-corrected chi connectivity index (χ1v) is 8.18. The third-order valence-electron chi connectivity index (χ3n) is 3.08. The van der Waals surface area contributed by atoms with E-state index in [1.54, 1.807) is 24.4 Å². The number of hydrogen-bond donors (Lipinski definition) is 1. The SMILES string of the molecule is CN(C)S(=O)(=O)c1ccccc1NCCCn1cccn1. The van der Waals surface area contributed by atoms with Crippen molar-refractivity contribution in [2.75, 3.05) is 26.0 Å². The predicted molar refractivity (Wildman–Crippen MR) is 82.6 cm³/mol. The van der Waals surface area contributed by atoms with Crippen LogP contribution in [0.3, 0.4) is 0 Å². The van der Waals surface area contributed by atoms with Gasteiger partial charge in [0.15, 0.2) is 0 Å². The lowest BCUT2D eigenvalue weighted by atomic mass is 10.3. The number of nitrogens with one attached hydrogen (secondary N) is 1. The molecular weight excluding hydrogens is 288 g/mol. The fourth-order valence-electron chi connectivity index (χ4n) is 1.93. The smallest absolute Gasteiger partial charge is 0.244 e. The van der Waals surface area contributed by atoms with Crippen molar-refractivity contribution in [1.82, 2.24) is 14.1 Å². The Balaban J connectivity index is 2.00. The van der Waals surface area contributed by atoms with E-state index >= 15 is 0 Å². The molecule has 0 unspecified atom stereocenters. The van der Waals surface area contributed by atoms with Gasteiger partial charge >= 0.3 is 0 Å². The summed E-state index contributed by atoms with van der Waals surface area (Å²) in [5, 5.41) is 7.32. The zero-order valence-corrected chi connectivity index (χ0v) is 13.0. The van der Waals surface area contributed by atoms with Gasteiger partial charge in [-0.05, 0) is 24.6 Å². The molecule has 0 saturated carbocycles. The van der Waals surface area contributed by atoms with E-state index in [0.717, 1.165) is 13.0 Å². The van der Waals surface area contributed by atoms with Gasteiger partial charge in [-0.15, -0.1) is 0 Å². The molecule has 0 radical (unpaired) electrons. The van der Waals surface area contributed by atoms with Gasteiger partial charge in [-0.2, -0.15) is 5.10 Å². The summed E-state index contributed by atoms with van der Waals surface area (Å²) in [5.41, 5.74) is 0.631. The van der Waals surface area contributed by atoms with Crippen molar-refractivity contribution in [2.24, 2.45) is 0 Å². The van der Waals surface area contributed by atoms with Gasteiger partial charge in [-0.3, -0.25) is 4.68 Å². The quantitative estimate of drug-likeness (QED) is 0.790. The monoisotopic (exact) mass is 308 g/mol. The fraction of sp³-hybridized carbons (Fsp3) is 0.357. The number of rotatable bonds is 7. The maximum Gasteiger partial charge on any atom is 0.244 e. The zero-order chi connectivity index (χ0) is 15.3. The van der Waals surface area contributed by atoms with Crippen LogP contribution in [-0.2, 0) is 16.6 Å². The highest BCUT2D eigenvalue weighted by Gasteiger charge is 2.20. The number of aryl methyl sites for hydroxylation is 1. The van der Waals surface area contributed by atoms with Crippen molar-refractivity contribution in [3.8, 4) is 0 Å². The summed E-state index contributed by atoms with van der Waals surface area (Å²) in [4.78, 5) is 0.300. The van der Waals surface area contributed by atoms with E-state index in [1.807, 2.05) is 23.0 Å². The summed E-state index contributed by atoms with van der Waals surface area (Å²) < 4.78 is 27.6. The maximum absolute atomic E-state index is 12.2. The van der Waals surface area contributed by atoms with Crippen molar-refractivity contribution >= 4 is 15.7 Å². The molecule has 0 atom stereocenters. The van der Waals surface area contributed by atoms with E-state index in [4.69, 9.17) is 0 Å². The second-order valence-corrected chi connectivity index (χ2v) is 6.95. The van der Waals surface area contributed by atoms with Gasteiger partial charge in [0, 0.05) is 39.6 Å². The van der Waals surface area contributed by atoms with Gasteiger partial charge in [0.1, 0.15) is 4.90 Å². The lowest BCUT2D eigenvalue weighted by Gasteiger charge is -2.16. The molecule has 1 aromatic heterocycles. The summed E-state index contributed by atoms with van der Waals surface area (Å²) in [6, 6.07) is 8.83. The normalized spacial score (nSPS) is 11.8. The Morgan fingerprint density at radius 2 is 2.00 bits per heavy atom. The Morgan fingerprint density at radius 3 is 2.67 bits per heavy atom. The van der Waals surface area contributed by atoms with Crippen LogP contribution in [0.4, 0.5) is 5.69 Å². The molecule has 1 N–H and O–H groups in total. The minimum Gasteiger partial charge on any atom is -0.384 e. The number of anilines is 1. The molecule has 2 rings (SSSR count). The molecule has 0 aliphatic carbocycles. The largest absolute Gasteiger partial charge is 0.384 e. The Bertz CT molecular complexity index is 666. The van der Waals surface area contributed by atoms with E-state index in [1.165, 1.54) is 18.4 Å². The second kappa shape index (κ2) is 6.73. The van der Waals surface area contributed by atoms with Crippen LogP contribution in [-0.4, -0.2) is 43.1 Å². The van der Waals surface area contributed by atoms with E-state index in [-0.39, 0.29) is 0 Å². The zero-order valence-electron chi connectivity index (χ0n) is 12.2. The van der Waals surface area contributed by atoms with Crippen molar-refractivity contribution in [2.45, 2.75) is 17.9 Å². The summed E-state index contributed by atoms with van der Waals surface area (Å²) in [6.07, 6.45) is 4.51. The third-order valence-corrected chi connectivity index (χ3v) is 4.96. The molecule has 21 heavy (non-hydrogen) atoms. The number of nitrogens with zero attached hydrogens (tertiary/aromatic N) is 3. The lowest BCUT2D eigenvalue weighted by Crippen LogP contribution is -2.23. The highest BCUT2D eigenvalue weighted by atomic mass is 32.2. The number of aromatic nitrogens is 2. The molecule has 0 saturated heterocycles. The highest BCUT2D eigenvalue weighted by molar-refractivity contribution is 7.89. The Kier molecular flexibility index (Phi) is 4.98. The molecule has 114 valence electrons. The van der Waals surface area contributed by atoms with E-state index < -0.39 is 10.0 Å². The fourth-order valence-corrected chi connectivity index (χ4v) is 2.99. The molecule has 0 amide bonds. The van der Waals surface area contributed by atoms with Crippen LogP contribution >= 0.6 is 0 Å². The summed E-state index contributed by atoms with van der Waals surface area (Å²) >= 11 is 0. The minimum atomic E-state index is -3.43. The summed E-state index contributed by atoms with van der Waals surface area (Å²) in [7, 11) is -0.371. The molecule has 2 aromatic rings. The van der Waals surface area contributed by atoms with Gasteiger partial charge in [-0.1, -0.05) is 12.1 Å². The first-order valence-electron chi connectivity index (χ1n) is 6.74. The minimum absolute atomic E-state index is 0.300. The van der Waals surface area contributed by atoms with Crippen LogP contribution in [0.1, 0.15) is 6.42 Å². The molecule has 7 heteroatoms. The van der Waals surface area contributed by atoms with E-state index in [9.17, 15) is 8.42 Å². The number of para-hydroxylation sites is 1. The molecule has 0 aliphatic rings. The van der Waals surface area contributed by atoms with Crippen LogP contribution in [0.15, 0.2) is 47.6 Å².